The molecule has 0 aromatic heterocycles. The summed E-state index contributed by atoms with van der Waals surface area (Å²) in [4.78, 5) is 24.4. The summed E-state index contributed by atoms with van der Waals surface area (Å²) >= 11 is 0. The van der Waals surface area contributed by atoms with Crippen LogP contribution >= 0.6 is 0 Å². The minimum atomic E-state index is -0.123. The molecule has 0 atom stereocenters. The van der Waals surface area contributed by atoms with Crippen molar-refractivity contribution in [3.63, 3.8) is 0 Å². The summed E-state index contributed by atoms with van der Waals surface area (Å²) in [5, 5.41) is 0. The maximum absolute atomic E-state index is 11.9. The maximum Gasteiger partial charge on any atom is 0.265 e. The van der Waals surface area contributed by atoms with Gasteiger partial charge in [-0.3, -0.25) is 9.59 Å². The highest BCUT2D eigenvalue weighted by Crippen LogP contribution is 2.41. The molecule has 5 nitrogen and oxygen atoms in total. The van der Waals surface area contributed by atoms with Crippen molar-refractivity contribution < 1.29 is 19.1 Å². The van der Waals surface area contributed by atoms with Gasteiger partial charge in [0, 0.05) is 11.6 Å². The van der Waals surface area contributed by atoms with Crippen LogP contribution in [-0.2, 0) is 4.79 Å². The van der Waals surface area contributed by atoms with Crippen LogP contribution in [0.25, 0.3) is 0 Å². The Kier molecular flexibility index (Phi) is 3.23. The number of ether oxygens (including phenoxy) is 2. The van der Waals surface area contributed by atoms with E-state index >= 15 is 0 Å². The molecule has 0 spiro atoms. The highest BCUT2D eigenvalue weighted by molar-refractivity contribution is 6.00. The SMILES string of the molecule is COc1cc(C=O)cc2c1OCC(=O)N2C(C)C. The Hall–Kier alpha value is -2.04. The Morgan fingerprint density at radius 3 is 2.72 bits per heavy atom. The molecule has 0 bridgehead atoms. The van der Waals surface area contributed by atoms with E-state index in [2.05, 4.69) is 0 Å². The minimum absolute atomic E-state index is 0.00763. The zero-order chi connectivity index (χ0) is 13.3. The lowest BCUT2D eigenvalue weighted by Gasteiger charge is -2.33. The lowest BCUT2D eigenvalue weighted by atomic mass is 10.1. The highest BCUT2D eigenvalue weighted by Gasteiger charge is 2.30. The van der Waals surface area contributed by atoms with Gasteiger partial charge in [-0.25, -0.2) is 0 Å². The van der Waals surface area contributed by atoms with Crippen LogP contribution in [0, 0.1) is 0 Å². The van der Waals surface area contributed by atoms with Gasteiger partial charge in [0.2, 0.25) is 0 Å². The number of hydrogen-bond acceptors (Lipinski definition) is 4. The van der Waals surface area contributed by atoms with Crippen LogP contribution in [-0.4, -0.2) is 32.0 Å². The molecule has 2 rings (SSSR count). The quantitative estimate of drug-likeness (QED) is 0.764. The van der Waals surface area contributed by atoms with Crippen molar-refractivity contribution in [1.29, 1.82) is 0 Å². The van der Waals surface area contributed by atoms with E-state index in [1.807, 2.05) is 13.8 Å². The molecular formula is C13H15NO4. The lowest BCUT2D eigenvalue weighted by Crippen LogP contribution is -2.43. The van der Waals surface area contributed by atoms with Gasteiger partial charge in [-0.15, -0.1) is 0 Å². The number of hydrogen-bond donors (Lipinski definition) is 0. The number of rotatable bonds is 3. The van der Waals surface area contributed by atoms with E-state index in [0.29, 0.717) is 22.7 Å². The Labute approximate surface area is 105 Å². The second-order valence-electron chi connectivity index (χ2n) is 4.34. The Bertz CT molecular complexity index is 496. The molecule has 0 saturated heterocycles. The van der Waals surface area contributed by atoms with Crippen molar-refractivity contribution in [1.82, 2.24) is 0 Å². The third-order valence-electron chi connectivity index (χ3n) is 2.80. The molecule has 1 aromatic rings. The number of fused-ring (bicyclic) bond motifs is 1. The summed E-state index contributed by atoms with van der Waals surface area (Å²) in [6.45, 7) is 3.81. The van der Waals surface area contributed by atoms with Crippen LogP contribution < -0.4 is 14.4 Å². The smallest absolute Gasteiger partial charge is 0.265 e. The van der Waals surface area contributed by atoms with Crippen molar-refractivity contribution in [3.05, 3.63) is 17.7 Å². The van der Waals surface area contributed by atoms with Crippen LogP contribution in [0.3, 0.4) is 0 Å². The molecule has 1 aliphatic heterocycles. The van der Waals surface area contributed by atoms with E-state index in [1.54, 1.807) is 17.0 Å². The largest absolute Gasteiger partial charge is 0.493 e. The fraction of sp³-hybridized carbons (Fsp3) is 0.385. The van der Waals surface area contributed by atoms with Gasteiger partial charge >= 0.3 is 0 Å². The molecule has 1 aromatic carbocycles. The van der Waals surface area contributed by atoms with E-state index in [1.165, 1.54) is 7.11 Å². The number of methoxy groups -OCH3 is 1. The first-order valence-electron chi connectivity index (χ1n) is 5.70. The fourth-order valence-corrected chi connectivity index (χ4v) is 2.06. The zero-order valence-corrected chi connectivity index (χ0v) is 10.6. The van der Waals surface area contributed by atoms with E-state index in [0.717, 1.165) is 6.29 Å². The van der Waals surface area contributed by atoms with Gasteiger partial charge in [0.15, 0.2) is 18.1 Å². The number of amides is 1. The van der Waals surface area contributed by atoms with Crippen molar-refractivity contribution in [3.8, 4) is 11.5 Å². The molecule has 18 heavy (non-hydrogen) atoms. The molecule has 0 aliphatic carbocycles. The molecule has 0 saturated carbocycles. The van der Waals surface area contributed by atoms with Gasteiger partial charge in [-0.1, -0.05) is 0 Å². The topological polar surface area (TPSA) is 55.8 Å². The zero-order valence-electron chi connectivity index (χ0n) is 10.6. The molecular weight excluding hydrogens is 234 g/mol. The first-order valence-corrected chi connectivity index (χ1v) is 5.70. The molecule has 96 valence electrons. The molecule has 0 unspecified atom stereocenters. The summed E-state index contributed by atoms with van der Waals surface area (Å²) in [5.74, 6) is 0.853. The summed E-state index contributed by atoms with van der Waals surface area (Å²) in [6, 6.07) is 3.23. The van der Waals surface area contributed by atoms with E-state index < -0.39 is 0 Å². The normalized spacial score (nSPS) is 14.2. The van der Waals surface area contributed by atoms with E-state index in [-0.39, 0.29) is 18.6 Å². The Morgan fingerprint density at radius 2 is 2.17 bits per heavy atom. The molecule has 5 heteroatoms. The average Bonchev–Trinajstić information content (AvgIpc) is 2.36. The van der Waals surface area contributed by atoms with Crippen LogP contribution in [0.4, 0.5) is 5.69 Å². The minimum Gasteiger partial charge on any atom is -0.493 e. The fourth-order valence-electron chi connectivity index (χ4n) is 2.06. The lowest BCUT2D eigenvalue weighted by molar-refractivity contribution is -0.121. The monoisotopic (exact) mass is 249 g/mol. The number of anilines is 1. The first-order chi connectivity index (χ1) is 8.58. The van der Waals surface area contributed by atoms with Crippen LogP contribution in [0.15, 0.2) is 12.1 Å². The summed E-state index contributed by atoms with van der Waals surface area (Å²) in [6.07, 6.45) is 0.723. The van der Waals surface area contributed by atoms with Crippen LogP contribution in [0.5, 0.6) is 11.5 Å². The van der Waals surface area contributed by atoms with Gasteiger partial charge in [-0.05, 0) is 26.0 Å². The Morgan fingerprint density at radius 1 is 1.44 bits per heavy atom. The molecule has 0 radical (unpaired) electrons. The first kappa shape index (κ1) is 12.4. The van der Waals surface area contributed by atoms with Gasteiger partial charge in [0.25, 0.3) is 5.91 Å². The third-order valence-corrected chi connectivity index (χ3v) is 2.80. The predicted octanol–water partition coefficient (Wildman–Crippen LogP) is 1.64. The van der Waals surface area contributed by atoms with Crippen molar-refractivity contribution in [2.75, 3.05) is 18.6 Å². The molecule has 1 amide bonds. The van der Waals surface area contributed by atoms with Crippen LogP contribution in [0.2, 0.25) is 0 Å². The molecule has 0 N–H and O–H groups in total. The van der Waals surface area contributed by atoms with Gasteiger partial charge in [0.1, 0.15) is 6.29 Å². The van der Waals surface area contributed by atoms with E-state index in [4.69, 9.17) is 9.47 Å². The predicted molar refractivity (Wildman–Crippen MR) is 66.5 cm³/mol. The second kappa shape index (κ2) is 4.68. The number of carbonyl (C=O) groups is 2. The third kappa shape index (κ3) is 1.92. The van der Waals surface area contributed by atoms with Crippen molar-refractivity contribution in [2.24, 2.45) is 0 Å². The second-order valence-corrected chi connectivity index (χ2v) is 4.34. The number of carbonyl (C=O) groups excluding carboxylic acids is 2. The van der Waals surface area contributed by atoms with Gasteiger partial charge in [0.05, 0.1) is 12.8 Å². The van der Waals surface area contributed by atoms with Crippen molar-refractivity contribution >= 4 is 17.9 Å². The number of aldehydes is 1. The number of benzene rings is 1. The summed E-state index contributed by atoms with van der Waals surface area (Å²) in [5.41, 5.74) is 1.04. The summed E-state index contributed by atoms with van der Waals surface area (Å²) in [7, 11) is 1.50. The Balaban J connectivity index is 2.62. The molecule has 0 fully saturated rings. The standard InChI is InChI=1S/C13H15NO4/c1-8(2)14-10-4-9(6-15)5-11(17-3)13(10)18-7-12(14)16/h4-6,8H,7H2,1-3H3. The highest BCUT2D eigenvalue weighted by atomic mass is 16.5. The van der Waals surface area contributed by atoms with Crippen molar-refractivity contribution in [2.45, 2.75) is 19.9 Å². The average molecular weight is 249 g/mol. The molecule has 1 heterocycles. The number of nitrogens with zero attached hydrogens (tertiary/aromatic N) is 1. The maximum atomic E-state index is 11.9. The molecule has 1 aliphatic rings. The van der Waals surface area contributed by atoms with Crippen LogP contribution in [0.1, 0.15) is 24.2 Å². The van der Waals surface area contributed by atoms with Gasteiger partial charge < -0.3 is 14.4 Å². The summed E-state index contributed by atoms with van der Waals surface area (Å²) < 4.78 is 10.6. The van der Waals surface area contributed by atoms with Gasteiger partial charge in [-0.2, -0.15) is 0 Å². The van der Waals surface area contributed by atoms with E-state index in [9.17, 15) is 9.59 Å².